The van der Waals surface area contributed by atoms with Crippen LogP contribution < -0.4 is 10.1 Å². The van der Waals surface area contributed by atoms with Crippen LogP contribution in [0.4, 0.5) is 0 Å². The summed E-state index contributed by atoms with van der Waals surface area (Å²) in [5, 5.41) is 4.03. The van der Waals surface area contributed by atoms with Gasteiger partial charge in [-0.3, -0.25) is 4.79 Å². The number of nitrogens with zero attached hydrogens (tertiary/aromatic N) is 1. The van der Waals surface area contributed by atoms with Crippen LogP contribution in [0.3, 0.4) is 0 Å². The number of benzene rings is 2. The second kappa shape index (κ2) is 9.09. The minimum absolute atomic E-state index is 0. The summed E-state index contributed by atoms with van der Waals surface area (Å²) in [6, 6.07) is 15.3. The number of hydrogen-bond acceptors (Lipinski definition) is 3. The molecule has 6 heteroatoms. The van der Waals surface area contributed by atoms with Crippen molar-refractivity contribution in [3.63, 3.8) is 0 Å². The van der Waals surface area contributed by atoms with E-state index in [4.69, 9.17) is 16.3 Å². The summed E-state index contributed by atoms with van der Waals surface area (Å²) < 4.78 is 5.48. The van der Waals surface area contributed by atoms with E-state index in [0.29, 0.717) is 18.0 Å². The number of nitrogens with one attached hydrogen (secondary N) is 1. The monoisotopic (exact) mass is 380 g/mol. The molecule has 25 heavy (non-hydrogen) atoms. The maximum atomic E-state index is 12.9. The maximum Gasteiger partial charge on any atom is 0.227 e. The molecule has 0 spiro atoms. The predicted molar refractivity (Wildman–Crippen MR) is 103 cm³/mol. The molecule has 1 aliphatic heterocycles. The lowest BCUT2D eigenvalue weighted by molar-refractivity contribution is -0.133. The van der Waals surface area contributed by atoms with Gasteiger partial charge in [0.2, 0.25) is 5.91 Å². The van der Waals surface area contributed by atoms with Crippen LogP contribution >= 0.6 is 24.0 Å². The summed E-state index contributed by atoms with van der Waals surface area (Å²) in [5.74, 6) is 0.918. The summed E-state index contributed by atoms with van der Waals surface area (Å²) in [7, 11) is 1.66. The van der Waals surface area contributed by atoms with Crippen molar-refractivity contribution in [1.29, 1.82) is 0 Å². The number of halogens is 2. The Bertz CT molecular complexity index is 724. The third-order valence-electron chi connectivity index (χ3n) is 4.31. The van der Waals surface area contributed by atoms with E-state index in [9.17, 15) is 4.79 Å². The highest BCUT2D eigenvalue weighted by atomic mass is 35.5. The number of amides is 1. The van der Waals surface area contributed by atoms with Gasteiger partial charge in [-0.1, -0.05) is 41.9 Å². The zero-order valence-electron chi connectivity index (χ0n) is 14.1. The number of carbonyl (C=O) groups excluding carboxylic acids is 1. The largest absolute Gasteiger partial charge is 0.496 e. The number of hydrogen-bond donors (Lipinski definition) is 1. The lowest BCUT2D eigenvalue weighted by Gasteiger charge is -2.37. The number of ether oxygens (including phenoxy) is 1. The lowest BCUT2D eigenvalue weighted by atomic mass is 10.0. The minimum Gasteiger partial charge on any atom is -0.496 e. The molecule has 1 atom stereocenters. The zero-order chi connectivity index (χ0) is 16.9. The van der Waals surface area contributed by atoms with Crippen molar-refractivity contribution in [2.45, 2.75) is 12.5 Å². The van der Waals surface area contributed by atoms with E-state index in [0.717, 1.165) is 30.0 Å². The van der Waals surface area contributed by atoms with Crippen molar-refractivity contribution in [3.05, 3.63) is 64.7 Å². The third-order valence-corrected chi connectivity index (χ3v) is 4.54. The Morgan fingerprint density at radius 1 is 1.28 bits per heavy atom. The first-order valence-corrected chi connectivity index (χ1v) is 8.44. The Morgan fingerprint density at radius 2 is 2.08 bits per heavy atom. The van der Waals surface area contributed by atoms with E-state index in [1.54, 1.807) is 7.11 Å². The molecule has 1 unspecified atom stereocenters. The van der Waals surface area contributed by atoms with Gasteiger partial charge in [-0.2, -0.15) is 0 Å². The Kier molecular flexibility index (Phi) is 7.12. The molecule has 0 aromatic heterocycles. The molecule has 2 aromatic rings. The average molecular weight is 381 g/mol. The molecule has 3 rings (SSSR count). The first-order valence-electron chi connectivity index (χ1n) is 8.06. The Balaban J connectivity index is 0.00000225. The van der Waals surface area contributed by atoms with E-state index in [1.807, 2.05) is 53.4 Å². The van der Waals surface area contributed by atoms with Gasteiger partial charge in [-0.15, -0.1) is 12.4 Å². The van der Waals surface area contributed by atoms with E-state index >= 15 is 0 Å². The summed E-state index contributed by atoms with van der Waals surface area (Å²) in [6.07, 6.45) is 0.353. The van der Waals surface area contributed by atoms with Gasteiger partial charge in [0.05, 0.1) is 19.6 Å². The molecule has 0 saturated carbocycles. The SMILES string of the molecule is COc1ccccc1C1CNCCN1C(=O)Cc1cccc(Cl)c1.Cl. The highest BCUT2D eigenvalue weighted by Crippen LogP contribution is 2.30. The number of methoxy groups -OCH3 is 1. The standard InChI is InChI=1S/C19H21ClN2O2.ClH/c1-24-18-8-3-2-7-16(18)17-13-21-9-10-22(17)19(23)12-14-5-4-6-15(20)11-14;/h2-8,11,17,21H,9-10,12-13H2,1H3;1H. The quantitative estimate of drug-likeness (QED) is 0.882. The van der Waals surface area contributed by atoms with Gasteiger partial charge in [0.1, 0.15) is 5.75 Å². The fraction of sp³-hybridized carbons (Fsp3) is 0.316. The Morgan fingerprint density at radius 3 is 2.84 bits per heavy atom. The number of rotatable bonds is 4. The van der Waals surface area contributed by atoms with Gasteiger partial charge in [-0.25, -0.2) is 0 Å². The molecule has 1 heterocycles. The van der Waals surface area contributed by atoms with Crippen LogP contribution in [0.15, 0.2) is 48.5 Å². The fourth-order valence-electron chi connectivity index (χ4n) is 3.15. The van der Waals surface area contributed by atoms with Crippen molar-refractivity contribution in [2.24, 2.45) is 0 Å². The molecule has 0 aliphatic carbocycles. The van der Waals surface area contributed by atoms with Crippen molar-refractivity contribution < 1.29 is 9.53 Å². The first kappa shape index (κ1) is 19.6. The highest BCUT2D eigenvalue weighted by molar-refractivity contribution is 6.30. The van der Waals surface area contributed by atoms with Crippen LogP contribution in [-0.2, 0) is 11.2 Å². The summed E-state index contributed by atoms with van der Waals surface area (Å²) in [5.41, 5.74) is 1.97. The van der Waals surface area contributed by atoms with E-state index < -0.39 is 0 Å². The highest BCUT2D eigenvalue weighted by Gasteiger charge is 2.29. The Hall–Kier alpha value is -1.75. The minimum atomic E-state index is -0.0263. The van der Waals surface area contributed by atoms with Crippen LogP contribution in [-0.4, -0.2) is 37.6 Å². The normalized spacial score (nSPS) is 16.9. The van der Waals surface area contributed by atoms with Gasteiger partial charge >= 0.3 is 0 Å². The maximum absolute atomic E-state index is 12.9. The fourth-order valence-corrected chi connectivity index (χ4v) is 3.36. The van der Waals surface area contributed by atoms with E-state index in [1.165, 1.54) is 0 Å². The summed E-state index contributed by atoms with van der Waals surface area (Å²) in [6.45, 7) is 2.21. The van der Waals surface area contributed by atoms with Gasteiger partial charge in [-0.05, 0) is 23.8 Å². The molecule has 4 nitrogen and oxygen atoms in total. The van der Waals surface area contributed by atoms with Gasteiger partial charge in [0.15, 0.2) is 0 Å². The zero-order valence-corrected chi connectivity index (χ0v) is 15.6. The van der Waals surface area contributed by atoms with Crippen LogP contribution in [0.25, 0.3) is 0 Å². The first-order chi connectivity index (χ1) is 11.7. The topological polar surface area (TPSA) is 41.6 Å². The molecule has 1 amide bonds. The van der Waals surface area contributed by atoms with Gasteiger partial charge < -0.3 is 15.0 Å². The van der Waals surface area contributed by atoms with Crippen molar-refractivity contribution in [3.8, 4) is 5.75 Å². The van der Waals surface area contributed by atoms with E-state index in [2.05, 4.69) is 5.32 Å². The molecular formula is C19H22Cl2N2O2. The average Bonchev–Trinajstić information content (AvgIpc) is 2.61. The lowest BCUT2D eigenvalue weighted by Crippen LogP contribution is -2.49. The van der Waals surface area contributed by atoms with Crippen molar-refractivity contribution >= 4 is 29.9 Å². The predicted octanol–water partition coefficient (Wildman–Crippen LogP) is 3.49. The second-order valence-corrected chi connectivity index (χ2v) is 6.29. The number of carbonyl (C=O) groups is 1. The molecule has 1 aliphatic rings. The van der Waals surface area contributed by atoms with Crippen LogP contribution in [0, 0.1) is 0 Å². The Labute approximate surface area is 159 Å². The second-order valence-electron chi connectivity index (χ2n) is 5.86. The van der Waals surface area contributed by atoms with Crippen LogP contribution in [0.2, 0.25) is 5.02 Å². The molecule has 0 radical (unpaired) electrons. The van der Waals surface area contributed by atoms with Crippen molar-refractivity contribution in [1.82, 2.24) is 10.2 Å². The molecule has 1 N–H and O–H groups in total. The molecule has 1 saturated heterocycles. The molecule has 134 valence electrons. The van der Waals surface area contributed by atoms with Gasteiger partial charge in [0.25, 0.3) is 0 Å². The smallest absolute Gasteiger partial charge is 0.227 e. The summed E-state index contributed by atoms with van der Waals surface area (Å²) >= 11 is 6.03. The molecule has 2 aromatic carbocycles. The van der Waals surface area contributed by atoms with Crippen LogP contribution in [0.5, 0.6) is 5.75 Å². The number of para-hydroxylation sites is 1. The molecule has 0 bridgehead atoms. The van der Waals surface area contributed by atoms with E-state index in [-0.39, 0.29) is 24.4 Å². The molecular weight excluding hydrogens is 359 g/mol. The van der Waals surface area contributed by atoms with Crippen molar-refractivity contribution in [2.75, 3.05) is 26.7 Å². The third kappa shape index (κ3) is 4.66. The van der Waals surface area contributed by atoms with Crippen LogP contribution in [0.1, 0.15) is 17.2 Å². The summed E-state index contributed by atoms with van der Waals surface area (Å²) in [4.78, 5) is 14.8. The number of piperazine rings is 1. The molecule has 1 fully saturated rings. The van der Waals surface area contributed by atoms with Gasteiger partial charge in [0, 0.05) is 30.2 Å².